The third-order valence-electron chi connectivity index (χ3n) is 7.79. The Balaban J connectivity index is 1.70. The van der Waals surface area contributed by atoms with E-state index in [1.54, 1.807) is 6.92 Å². The third kappa shape index (κ3) is 8.00. The van der Waals surface area contributed by atoms with Crippen LogP contribution in [0.3, 0.4) is 0 Å². The smallest absolute Gasteiger partial charge is 0.254 e. The minimum Gasteiger partial charge on any atom is -0.490 e. The van der Waals surface area contributed by atoms with Crippen molar-refractivity contribution in [1.82, 2.24) is 4.90 Å². The van der Waals surface area contributed by atoms with Crippen molar-refractivity contribution in [1.29, 1.82) is 0 Å². The molecule has 0 atom stereocenters. The molecule has 41 heavy (non-hydrogen) atoms. The monoisotopic (exact) mass is 554 g/mol. The molecule has 0 aliphatic carbocycles. The molecule has 0 aromatic heterocycles. The van der Waals surface area contributed by atoms with Crippen molar-refractivity contribution in [3.05, 3.63) is 83.4 Å². The van der Waals surface area contributed by atoms with Crippen molar-refractivity contribution >= 4 is 17.5 Å². The molecule has 0 spiro atoms. The highest BCUT2D eigenvalue weighted by atomic mass is 16.5. The Morgan fingerprint density at radius 1 is 0.854 bits per heavy atom. The zero-order valence-corrected chi connectivity index (χ0v) is 25.3. The van der Waals surface area contributed by atoms with Gasteiger partial charge < -0.3 is 14.5 Å². The van der Waals surface area contributed by atoms with Gasteiger partial charge in [0.15, 0.2) is 0 Å². The van der Waals surface area contributed by atoms with Crippen molar-refractivity contribution < 1.29 is 14.3 Å². The summed E-state index contributed by atoms with van der Waals surface area (Å²) >= 11 is 0. The normalized spacial score (nSPS) is 15.0. The van der Waals surface area contributed by atoms with Crippen molar-refractivity contribution in [3.8, 4) is 16.9 Å². The summed E-state index contributed by atoms with van der Waals surface area (Å²) in [5.74, 6) is 0.966. The fourth-order valence-corrected chi connectivity index (χ4v) is 5.77. The van der Waals surface area contributed by atoms with Crippen molar-refractivity contribution in [3.63, 3.8) is 0 Å². The fraction of sp³-hybridized carbons (Fsp3) is 0.444. The molecule has 2 amide bonds. The first-order valence-corrected chi connectivity index (χ1v) is 15.4. The predicted molar refractivity (Wildman–Crippen MR) is 169 cm³/mol. The van der Waals surface area contributed by atoms with Gasteiger partial charge in [0.05, 0.1) is 6.10 Å². The minimum atomic E-state index is 0.0488. The fourth-order valence-electron chi connectivity index (χ4n) is 5.77. The number of ether oxygens (including phenoxy) is 1. The van der Waals surface area contributed by atoms with E-state index >= 15 is 0 Å². The second-order valence-corrected chi connectivity index (χ2v) is 11.4. The third-order valence-corrected chi connectivity index (χ3v) is 7.79. The molecule has 3 aromatic rings. The molecule has 218 valence electrons. The number of para-hydroxylation sites is 2. The van der Waals surface area contributed by atoms with Crippen LogP contribution < -0.4 is 9.64 Å². The average Bonchev–Trinajstić information content (AvgIpc) is 2.97. The maximum Gasteiger partial charge on any atom is 0.254 e. The number of amides is 2. The van der Waals surface area contributed by atoms with E-state index in [9.17, 15) is 9.59 Å². The Labute approximate surface area is 246 Å². The van der Waals surface area contributed by atoms with Gasteiger partial charge in [-0.25, -0.2) is 0 Å². The van der Waals surface area contributed by atoms with E-state index in [-0.39, 0.29) is 17.9 Å². The number of carbonyl (C=O) groups is 2. The summed E-state index contributed by atoms with van der Waals surface area (Å²) in [6, 6.07) is 22.4. The molecule has 0 fully saturated rings. The summed E-state index contributed by atoms with van der Waals surface area (Å²) in [4.78, 5) is 30.8. The van der Waals surface area contributed by atoms with Gasteiger partial charge in [-0.1, -0.05) is 87.6 Å². The number of nitrogens with zero attached hydrogens (tertiary/aromatic N) is 2. The standard InChI is InChI=1S/C36H46N2O3/c1-5-16-29-25-30(32-18-11-13-20-35(32)41-27(2)3)21-22-33(29)36(40)37-23-14-8-6-7-9-15-24-38(28(4)39)34-19-12-10-17-31(34)26-37/h10-13,17-22,25,27H,5-9,14-16,23-24,26H2,1-4H3. The molecular weight excluding hydrogens is 508 g/mol. The maximum atomic E-state index is 14.3. The van der Waals surface area contributed by atoms with Crippen LogP contribution in [0.4, 0.5) is 5.69 Å². The first-order chi connectivity index (χ1) is 19.9. The molecule has 1 aliphatic rings. The maximum absolute atomic E-state index is 14.3. The van der Waals surface area contributed by atoms with Crippen LogP contribution >= 0.6 is 0 Å². The molecule has 0 bridgehead atoms. The van der Waals surface area contributed by atoms with E-state index < -0.39 is 0 Å². The molecule has 1 heterocycles. The number of carbonyl (C=O) groups excluding carboxylic acids is 2. The lowest BCUT2D eigenvalue weighted by atomic mass is 9.95. The van der Waals surface area contributed by atoms with Crippen molar-refractivity contribution in [2.45, 2.75) is 91.7 Å². The van der Waals surface area contributed by atoms with Crippen LogP contribution in [-0.2, 0) is 17.8 Å². The van der Waals surface area contributed by atoms with Gasteiger partial charge in [-0.05, 0) is 68.0 Å². The van der Waals surface area contributed by atoms with Crippen LogP contribution in [0.5, 0.6) is 5.75 Å². The Kier molecular flexibility index (Phi) is 11.0. The molecule has 0 radical (unpaired) electrons. The van der Waals surface area contributed by atoms with E-state index in [4.69, 9.17) is 4.74 Å². The van der Waals surface area contributed by atoms with E-state index in [0.717, 1.165) is 90.6 Å². The van der Waals surface area contributed by atoms with Crippen LogP contribution in [0.25, 0.3) is 11.1 Å². The zero-order chi connectivity index (χ0) is 29.2. The lowest BCUT2D eigenvalue weighted by molar-refractivity contribution is -0.116. The summed E-state index contributed by atoms with van der Waals surface area (Å²) in [7, 11) is 0. The van der Waals surface area contributed by atoms with Gasteiger partial charge in [-0.3, -0.25) is 9.59 Å². The van der Waals surface area contributed by atoms with Gasteiger partial charge in [0, 0.05) is 43.4 Å². The Hall–Kier alpha value is -3.60. The molecule has 5 heteroatoms. The first-order valence-electron chi connectivity index (χ1n) is 15.4. The highest BCUT2D eigenvalue weighted by Gasteiger charge is 2.23. The highest BCUT2D eigenvalue weighted by molar-refractivity contribution is 5.97. The quantitative estimate of drug-likeness (QED) is 0.307. The summed E-state index contributed by atoms with van der Waals surface area (Å²) < 4.78 is 6.10. The van der Waals surface area contributed by atoms with Crippen molar-refractivity contribution in [2.75, 3.05) is 18.0 Å². The second kappa shape index (κ2) is 14.9. The molecule has 4 rings (SSSR count). The van der Waals surface area contributed by atoms with Gasteiger partial charge in [0.1, 0.15) is 5.75 Å². The molecular formula is C36H46N2O3. The zero-order valence-electron chi connectivity index (χ0n) is 25.3. The Morgan fingerprint density at radius 2 is 1.54 bits per heavy atom. The number of anilines is 1. The van der Waals surface area contributed by atoms with Gasteiger partial charge in [-0.2, -0.15) is 0 Å². The van der Waals surface area contributed by atoms with E-state index in [1.165, 1.54) is 0 Å². The van der Waals surface area contributed by atoms with Crippen LogP contribution in [0.2, 0.25) is 0 Å². The van der Waals surface area contributed by atoms with Crippen LogP contribution in [0, 0.1) is 0 Å². The van der Waals surface area contributed by atoms with E-state index in [2.05, 4.69) is 31.2 Å². The highest BCUT2D eigenvalue weighted by Crippen LogP contribution is 2.33. The Morgan fingerprint density at radius 3 is 2.27 bits per heavy atom. The summed E-state index contributed by atoms with van der Waals surface area (Å²) in [5, 5.41) is 0. The first kappa shape index (κ1) is 30.4. The van der Waals surface area contributed by atoms with Crippen LogP contribution in [0.1, 0.15) is 94.1 Å². The number of hydrogen-bond donors (Lipinski definition) is 0. The van der Waals surface area contributed by atoms with Crippen LogP contribution in [0.15, 0.2) is 66.7 Å². The molecule has 0 N–H and O–H groups in total. The lowest BCUT2D eigenvalue weighted by Gasteiger charge is -2.28. The molecule has 0 unspecified atom stereocenters. The SMILES string of the molecule is CCCc1cc(-c2ccccc2OC(C)C)ccc1C(=O)N1CCCCCCCCN(C(C)=O)c2ccccc2C1. The summed E-state index contributed by atoms with van der Waals surface area (Å²) in [6.45, 7) is 9.76. The predicted octanol–water partition coefficient (Wildman–Crippen LogP) is 8.44. The van der Waals surface area contributed by atoms with Gasteiger partial charge in [0.25, 0.3) is 5.91 Å². The number of rotatable bonds is 6. The molecule has 0 saturated carbocycles. The van der Waals surface area contributed by atoms with E-state index in [1.807, 2.05) is 66.1 Å². The summed E-state index contributed by atoms with van der Waals surface area (Å²) in [6.07, 6.45) is 8.36. The molecule has 5 nitrogen and oxygen atoms in total. The Bertz CT molecular complexity index is 1320. The van der Waals surface area contributed by atoms with Gasteiger partial charge in [0.2, 0.25) is 5.91 Å². The minimum absolute atomic E-state index is 0.0488. The van der Waals surface area contributed by atoms with Crippen LogP contribution in [-0.4, -0.2) is 35.9 Å². The number of aryl methyl sites for hydroxylation is 1. The second-order valence-electron chi connectivity index (χ2n) is 11.4. The number of hydrogen-bond acceptors (Lipinski definition) is 3. The average molecular weight is 555 g/mol. The largest absolute Gasteiger partial charge is 0.490 e. The van der Waals surface area contributed by atoms with E-state index in [0.29, 0.717) is 19.6 Å². The van der Waals surface area contributed by atoms with Gasteiger partial charge >= 0.3 is 0 Å². The van der Waals surface area contributed by atoms with Gasteiger partial charge in [-0.15, -0.1) is 0 Å². The molecule has 1 aliphatic heterocycles. The lowest BCUT2D eigenvalue weighted by Crippen LogP contribution is -2.34. The number of fused-ring (bicyclic) bond motifs is 1. The topological polar surface area (TPSA) is 49.9 Å². The summed E-state index contributed by atoms with van der Waals surface area (Å²) in [5.41, 5.74) is 5.87. The van der Waals surface area contributed by atoms with Crippen molar-refractivity contribution in [2.24, 2.45) is 0 Å². The molecule has 3 aromatic carbocycles. The molecule has 0 saturated heterocycles. The number of benzene rings is 3.